The van der Waals surface area contributed by atoms with Crippen LogP contribution in [0.25, 0.3) is 0 Å². The van der Waals surface area contributed by atoms with Crippen LogP contribution in [-0.4, -0.2) is 25.2 Å². The molecular formula is C17H26ClIN2. The van der Waals surface area contributed by atoms with E-state index < -0.39 is 0 Å². The van der Waals surface area contributed by atoms with E-state index in [9.17, 15) is 0 Å². The summed E-state index contributed by atoms with van der Waals surface area (Å²) in [4.78, 5) is 2.51. The average molecular weight is 421 g/mol. The first-order valence-corrected chi connectivity index (χ1v) is 9.11. The zero-order valence-electron chi connectivity index (χ0n) is 13.6. The largest absolute Gasteiger partial charge is 0.364 e. The molecule has 1 heterocycles. The Morgan fingerprint density at radius 1 is 1.33 bits per heavy atom. The van der Waals surface area contributed by atoms with E-state index in [1.807, 2.05) is 0 Å². The maximum Gasteiger partial charge on any atom is 0.0650 e. The first kappa shape index (κ1) is 17.4. The van der Waals surface area contributed by atoms with E-state index in [0.29, 0.717) is 18.0 Å². The van der Waals surface area contributed by atoms with Gasteiger partial charge in [-0.05, 0) is 52.1 Å². The van der Waals surface area contributed by atoms with Gasteiger partial charge in [0.15, 0.2) is 0 Å². The fourth-order valence-corrected chi connectivity index (χ4v) is 3.90. The van der Waals surface area contributed by atoms with E-state index >= 15 is 0 Å². The van der Waals surface area contributed by atoms with Crippen molar-refractivity contribution in [2.45, 2.75) is 46.7 Å². The van der Waals surface area contributed by atoms with Gasteiger partial charge in [-0.3, -0.25) is 0 Å². The van der Waals surface area contributed by atoms with E-state index in [2.05, 4.69) is 85.6 Å². The summed E-state index contributed by atoms with van der Waals surface area (Å²) in [5.74, 6) is 0.591. The van der Waals surface area contributed by atoms with Crippen molar-refractivity contribution in [2.75, 3.05) is 18.0 Å². The fourth-order valence-electron chi connectivity index (χ4n) is 2.94. The number of rotatable bonds is 2. The molecule has 1 aromatic rings. The molecule has 0 radical (unpaired) electrons. The average Bonchev–Trinajstić information content (AvgIpc) is 2.37. The predicted octanol–water partition coefficient (Wildman–Crippen LogP) is 4.79. The quantitative estimate of drug-likeness (QED) is 0.692. The number of hydrogen-bond donors (Lipinski definition) is 1. The van der Waals surface area contributed by atoms with E-state index in [4.69, 9.17) is 11.6 Å². The molecule has 0 aromatic heterocycles. The van der Waals surface area contributed by atoms with Crippen LogP contribution in [0.5, 0.6) is 0 Å². The smallest absolute Gasteiger partial charge is 0.0650 e. The number of halogens is 2. The summed E-state index contributed by atoms with van der Waals surface area (Å²) < 4.78 is 1.19. The molecular weight excluding hydrogens is 395 g/mol. The van der Waals surface area contributed by atoms with Gasteiger partial charge in [0.2, 0.25) is 0 Å². The summed E-state index contributed by atoms with van der Waals surface area (Å²) in [7, 11) is 0. The van der Waals surface area contributed by atoms with Crippen LogP contribution in [0.15, 0.2) is 18.2 Å². The molecule has 118 valence electrons. The highest BCUT2D eigenvalue weighted by atomic mass is 127. The third-order valence-electron chi connectivity index (χ3n) is 4.39. The number of nitrogens with one attached hydrogen (secondary N) is 1. The highest BCUT2D eigenvalue weighted by Gasteiger charge is 2.35. The monoisotopic (exact) mass is 420 g/mol. The van der Waals surface area contributed by atoms with Crippen LogP contribution in [-0.2, 0) is 0 Å². The topological polar surface area (TPSA) is 15.3 Å². The summed E-state index contributed by atoms with van der Waals surface area (Å²) in [5, 5.41) is 4.60. The lowest BCUT2D eigenvalue weighted by molar-refractivity contribution is 0.221. The molecule has 0 bridgehead atoms. The maximum atomic E-state index is 6.53. The number of nitrogens with zero attached hydrogens (tertiary/aromatic N) is 1. The summed E-state index contributed by atoms with van der Waals surface area (Å²) in [6.07, 6.45) is 0. The lowest BCUT2D eigenvalue weighted by atomic mass is 9.83. The van der Waals surface area contributed by atoms with E-state index in [-0.39, 0.29) is 5.41 Å². The minimum atomic E-state index is 0.246. The molecule has 2 atom stereocenters. The number of hydrogen-bond acceptors (Lipinski definition) is 2. The molecule has 4 heteroatoms. The van der Waals surface area contributed by atoms with Gasteiger partial charge < -0.3 is 10.2 Å². The van der Waals surface area contributed by atoms with Gasteiger partial charge in [-0.2, -0.15) is 0 Å². The van der Waals surface area contributed by atoms with Gasteiger partial charge in [-0.25, -0.2) is 0 Å². The first-order chi connectivity index (χ1) is 9.70. The van der Waals surface area contributed by atoms with Crippen LogP contribution < -0.4 is 10.2 Å². The standard InChI is InChI=1S/C17H26ClIN2/c1-11(2)15-9-20-16(17(3,4)5)10-21(15)14-7-6-12(19)8-13(14)18/h6-8,11,15-16,20H,9-10H2,1-5H3. The van der Waals surface area contributed by atoms with Crippen LogP contribution in [0.3, 0.4) is 0 Å². The number of piperazine rings is 1. The Bertz CT molecular complexity index is 496. The summed E-state index contributed by atoms with van der Waals surface area (Å²) in [5.41, 5.74) is 1.42. The summed E-state index contributed by atoms with van der Waals surface area (Å²) >= 11 is 8.84. The molecule has 0 amide bonds. The molecule has 1 saturated heterocycles. The van der Waals surface area contributed by atoms with Crippen LogP contribution in [0.4, 0.5) is 5.69 Å². The molecule has 1 aliphatic heterocycles. The molecule has 2 nitrogen and oxygen atoms in total. The lowest BCUT2D eigenvalue weighted by Gasteiger charge is -2.48. The van der Waals surface area contributed by atoms with Crippen molar-refractivity contribution in [1.29, 1.82) is 0 Å². The minimum Gasteiger partial charge on any atom is -0.364 e. The van der Waals surface area contributed by atoms with Crippen molar-refractivity contribution in [3.8, 4) is 0 Å². The normalized spacial score (nSPS) is 23.7. The predicted molar refractivity (Wildman–Crippen MR) is 101 cm³/mol. The molecule has 2 unspecified atom stereocenters. The summed E-state index contributed by atoms with van der Waals surface area (Å²) in [6, 6.07) is 7.34. The maximum absolute atomic E-state index is 6.53. The van der Waals surface area contributed by atoms with E-state index in [1.165, 1.54) is 9.26 Å². The molecule has 1 aliphatic rings. The third-order valence-corrected chi connectivity index (χ3v) is 5.36. The Morgan fingerprint density at radius 3 is 2.52 bits per heavy atom. The van der Waals surface area contributed by atoms with Crippen molar-refractivity contribution in [3.63, 3.8) is 0 Å². The molecule has 0 spiro atoms. The molecule has 0 saturated carbocycles. The second kappa shape index (κ2) is 6.63. The van der Waals surface area contributed by atoms with Crippen molar-refractivity contribution < 1.29 is 0 Å². The Kier molecular flexibility index (Phi) is 5.48. The van der Waals surface area contributed by atoms with Gasteiger partial charge in [0.1, 0.15) is 0 Å². The molecule has 2 rings (SSSR count). The van der Waals surface area contributed by atoms with Gasteiger partial charge in [-0.1, -0.05) is 46.2 Å². The zero-order chi connectivity index (χ0) is 15.8. The van der Waals surface area contributed by atoms with Gasteiger partial charge in [-0.15, -0.1) is 0 Å². The van der Waals surface area contributed by atoms with Crippen LogP contribution in [0, 0.1) is 14.9 Å². The molecule has 1 N–H and O–H groups in total. The highest BCUT2D eigenvalue weighted by Crippen LogP contribution is 2.34. The molecule has 0 aliphatic carbocycles. The number of anilines is 1. The van der Waals surface area contributed by atoms with Crippen molar-refractivity contribution >= 4 is 39.9 Å². The van der Waals surface area contributed by atoms with Crippen LogP contribution in [0.1, 0.15) is 34.6 Å². The van der Waals surface area contributed by atoms with Gasteiger partial charge in [0, 0.05) is 28.7 Å². The first-order valence-electron chi connectivity index (χ1n) is 7.65. The second-order valence-electron chi connectivity index (χ2n) is 7.39. The van der Waals surface area contributed by atoms with Gasteiger partial charge in [0.25, 0.3) is 0 Å². The van der Waals surface area contributed by atoms with Crippen LogP contribution >= 0.6 is 34.2 Å². The van der Waals surface area contributed by atoms with Crippen molar-refractivity contribution in [2.24, 2.45) is 11.3 Å². The lowest BCUT2D eigenvalue weighted by Crippen LogP contribution is -2.62. The fraction of sp³-hybridized carbons (Fsp3) is 0.647. The Hall–Kier alpha value is -0.0000000000000000555. The minimum absolute atomic E-state index is 0.246. The second-order valence-corrected chi connectivity index (χ2v) is 9.04. The van der Waals surface area contributed by atoms with E-state index in [1.54, 1.807) is 0 Å². The summed E-state index contributed by atoms with van der Waals surface area (Å²) in [6.45, 7) is 13.5. The Balaban J connectivity index is 2.34. The number of benzene rings is 1. The molecule has 1 aromatic carbocycles. The zero-order valence-corrected chi connectivity index (χ0v) is 16.5. The molecule has 1 fully saturated rings. The SMILES string of the molecule is CC(C)C1CNC(C(C)(C)C)CN1c1ccc(I)cc1Cl. The van der Waals surface area contributed by atoms with Crippen LogP contribution in [0.2, 0.25) is 5.02 Å². The molecule has 21 heavy (non-hydrogen) atoms. The Labute approximate surface area is 147 Å². The highest BCUT2D eigenvalue weighted by molar-refractivity contribution is 14.1. The third kappa shape index (κ3) is 4.05. The van der Waals surface area contributed by atoms with Crippen molar-refractivity contribution in [1.82, 2.24) is 5.32 Å². The van der Waals surface area contributed by atoms with Crippen molar-refractivity contribution in [3.05, 3.63) is 26.8 Å². The Morgan fingerprint density at radius 2 is 2.00 bits per heavy atom. The van der Waals surface area contributed by atoms with E-state index in [0.717, 1.165) is 18.1 Å². The van der Waals surface area contributed by atoms with Gasteiger partial charge >= 0.3 is 0 Å². The van der Waals surface area contributed by atoms with Gasteiger partial charge in [0.05, 0.1) is 10.7 Å².